The van der Waals surface area contributed by atoms with Gasteiger partial charge in [-0.2, -0.15) is 0 Å². The molecule has 1 aromatic heterocycles. The van der Waals surface area contributed by atoms with E-state index in [1.165, 1.54) is 6.08 Å². The molecule has 1 saturated carbocycles. The lowest BCUT2D eigenvalue weighted by molar-refractivity contribution is -0.111. The van der Waals surface area contributed by atoms with Crippen molar-refractivity contribution in [1.29, 1.82) is 0 Å². The smallest absolute Gasteiger partial charge is 0.248 e. The third-order valence-corrected chi connectivity index (χ3v) is 4.78. The highest BCUT2D eigenvalue weighted by Crippen LogP contribution is 2.37. The number of carbonyl (C=O) groups is 1. The van der Waals surface area contributed by atoms with Crippen molar-refractivity contribution in [3.05, 3.63) is 48.7 Å². The number of rotatable bonds is 4. The van der Waals surface area contributed by atoms with Crippen LogP contribution in [0.25, 0.3) is 17.0 Å². The number of alkyl halides is 2. The van der Waals surface area contributed by atoms with Gasteiger partial charge in [0.15, 0.2) is 0 Å². The van der Waals surface area contributed by atoms with Gasteiger partial charge in [-0.1, -0.05) is 24.8 Å². The fourth-order valence-corrected chi connectivity index (χ4v) is 3.31. The van der Waals surface area contributed by atoms with Gasteiger partial charge in [-0.15, -0.1) is 0 Å². The second-order valence-electron chi connectivity index (χ2n) is 6.67. The summed E-state index contributed by atoms with van der Waals surface area (Å²) in [6.07, 6.45) is 8.34. The molecule has 1 aliphatic rings. The normalized spacial score (nSPS) is 17.9. The lowest BCUT2D eigenvalue weighted by Crippen LogP contribution is -2.23. The van der Waals surface area contributed by atoms with E-state index in [2.05, 4.69) is 18.0 Å². The van der Waals surface area contributed by atoms with Crippen molar-refractivity contribution in [1.82, 2.24) is 4.57 Å². The summed E-state index contributed by atoms with van der Waals surface area (Å²) in [5.41, 5.74) is 2.76. The summed E-state index contributed by atoms with van der Waals surface area (Å²) in [7, 11) is 1.94. The van der Waals surface area contributed by atoms with Gasteiger partial charge in [0.1, 0.15) is 0 Å². The van der Waals surface area contributed by atoms with E-state index < -0.39 is 5.92 Å². The molecule has 0 atom stereocenters. The van der Waals surface area contributed by atoms with E-state index >= 15 is 0 Å². The topological polar surface area (TPSA) is 34.0 Å². The fraction of sp³-hybridized carbons (Fsp3) is 0.350. The first-order valence-corrected chi connectivity index (χ1v) is 8.46. The minimum absolute atomic E-state index is 0.0239. The molecule has 3 rings (SSSR count). The van der Waals surface area contributed by atoms with Crippen LogP contribution in [0.4, 0.5) is 14.5 Å². The van der Waals surface area contributed by atoms with Crippen LogP contribution in [0.5, 0.6) is 0 Å². The molecule has 1 heterocycles. The van der Waals surface area contributed by atoms with Gasteiger partial charge in [0.2, 0.25) is 11.8 Å². The summed E-state index contributed by atoms with van der Waals surface area (Å²) in [5.74, 6) is -2.53. The first kappa shape index (κ1) is 17.4. The molecule has 0 spiro atoms. The highest BCUT2D eigenvalue weighted by atomic mass is 19.3. The Morgan fingerprint density at radius 2 is 2.08 bits per heavy atom. The van der Waals surface area contributed by atoms with E-state index in [4.69, 9.17) is 0 Å². The molecule has 132 valence electrons. The van der Waals surface area contributed by atoms with Crippen LogP contribution in [-0.4, -0.2) is 16.4 Å². The molecule has 2 aromatic rings. The van der Waals surface area contributed by atoms with Crippen molar-refractivity contribution in [3.8, 4) is 0 Å². The number of hydrogen-bond acceptors (Lipinski definition) is 1. The lowest BCUT2D eigenvalue weighted by Gasteiger charge is -2.26. The summed E-state index contributed by atoms with van der Waals surface area (Å²) in [5, 5.41) is 3.82. The molecule has 3 nitrogen and oxygen atoms in total. The maximum absolute atomic E-state index is 13.2. The van der Waals surface area contributed by atoms with Crippen molar-refractivity contribution >= 4 is 28.6 Å². The van der Waals surface area contributed by atoms with Gasteiger partial charge < -0.3 is 9.88 Å². The van der Waals surface area contributed by atoms with Gasteiger partial charge in [0.25, 0.3) is 0 Å². The molecule has 25 heavy (non-hydrogen) atoms. The zero-order chi connectivity index (χ0) is 18.0. The first-order valence-electron chi connectivity index (χ1n) is 8.46. The van der Waals surface area contributed by atoms with Crippen molar-refractivity contribution < 1.29 is 13.6 Å². The Hall–Kier alpha value is -2.43. The van der Waals surface area contributed by atoms with Crippen molar-refractivity contribution in [3.63, 3.8) is 0 Å². The van der Waals surface area contributed by atoms with Crippen LogP contribution in [-0.2, 0) is 11.8 Å². The van der Waals surface area contributed by atoms with Gasteiger partial charge in [0.05, 0.1) is 5.52 Å². The fourth-order valence-electron chi connectivity index (χ4n) is 3.31. The van der Waals surface area contributed by atoms with E-state index in [0.29, 0.717) is 18.5 Å². The van der Waals surface area contributed by atoms with Crippen molar-refractivity contribution in [2.45, 2.75) is 31.6 Å². The number of carbonyl (C=O) groups excluding carboxylic acids is 1. The molecule has 5 heteroatoms. The summed E-state index contributed by atoms with van der Waals surface area (Å²) < 4.78 is 28.5. The van der Waals surface area contributed by atoms with Crippen molar-refractivity contribution in [2.24, 2.45) is 13.0 Å². The highest BCUT2D eigenvalue weighted by Gasteiger charge is 2.33. The van der Waals surface area contributed by atoms with Gasteiger partial charge in [-0.25, -0.2) is 8.78 Å². The van der Waals surface area contributed by atoms with Crippen LogP contribution in [0.3, 0.4) is 0 Å². The number of nitrogens with zero attached hydrogens (tertiary/aromatic N) is 1. The third kappa shape index (κ3) is 3.98. The van der Waals surface area contributed by atoms with Gasteiger partial charge in [0, 0.05) is 37.2 Å². The summed E-state index contributed by atoms with van der Waals surface area (Å²) in [4.78, 5) is 11.4. The Kier molecular flexibility index (Phi) is 4.75. The number of benzene rings is 1. The summed E-state index contributed by atoms with van der Waals surface area (Å²) in [6, 6.07) is 5.72. The number of anilines is 1. The van der Waals surface area contributed by atoms with Crippen LogP contribution in [0.15, 0.2) is 43.1 Å². The van der Waals surface area contributed by atoms with Crippen molar-refractivity contribution in [2.75, 3.05) is 5.32 Å². The molecule has 0 saturated heterocycles. The Labute approximate surface area is 146 Å². The maximum Gasteiger partial charge on any atom is 0.248 e. The number of hydrogen-bond donors (Lipinski definition) is 1. The van der Waals surface area contributed by atoms with E-state index in [9.17, 15) is 13.6 Å². The highest BCUT2D eigenvalue weighted by molar-refractivity contribution is 6.01. The molecule has 1 N–H and O–H groups in total. The van der Waals surface area contributed by atoms with Gasteiger partial charge in [-0.05, 0) is 42.5 Å². The van der Waals surface area contributed by atoms with Crippen LogP contribution in [0.2, 0.25) is 0 Å². The Bertz CT molecular complexity index is 826. The monoisotopic (exact) mass is 344 g/mol. The molecule has 0 bridgehead atoms. The van der Waals surface area contributed by atoms with Gasteiger partial charge >= 0.3 is 0 Å². The van der Waals surface area contributed by atoms with E-state index in [1.54, 1.807) is 0 Å². The molecule has 1 fully saturated rings. The molecular weight excluding hydrogens is 322 g/mol. The SMILES string of the molecule is C=CC(=O)Nc1ccc2c(C=CC3CCC(F)(F)CC3)cn(C)c2c1. The number of halogens is 2. The average Bonchev–Trinajstić information content (AvgIpc) is 2.89. The number of nitrogens with one attached hydrogen (secondary N) is 1. The van der Waals surface area contributed by atoms with E-state index in [-0.39, 0.29) is 24.7 Å². The van der Waals surface area contributed by atoms with E-state index in [0.717, 1.165) is 16.5 Å². The quantitative estimate of drug-likeness (QED) is 0.766. The molecule has 1 aliphatic carbocycles. The Morgan fingerprint density at radius 1 is 1.36 bits per heavy atom. The Morgan fingerprint density at radius 3 is 2.76 bits per heavy atom. The first-order chi connectivity index (χ1) is 11.9. The van der Waals surface area contributed by atoms with E-state index in [1.807, 2.05) is 42.1 Å². The molecule has 0 unspecified atom stereocenters. The average molecular weight is 344 g/mol. The number of fused-ring (bicyclic) bond motifs is 1. The summed E-state index contributed by atoms with van der Waals surface area (Å²) in [6.45, 7) is 3.45. The number of allylic oxidation sites excluding steroid dienone is 1. The predicted molar refractivity (Wildman–Crippen MR) is 97.7 cm³/mol. The molecule has 1 amide bonds. The zero-order valence-electron chi connectivity index (χ0n) is 14.3. The third-order valence-electron chi connectivity index (χ3n) is 4.78. The predicted octanol–water partition coefficient (Wildman–Crippen LogP) is 5.14. The van der Waals surface area contributed by atoms with Gasteiger partial charge in [-0.3, -0.25) is 4.79 Å². The largest absolute Gasteiger partial charge is 0.350 e. The number of aryl methyl sites for hydroxylation is 1. The minimum atomic E-state index is -2.49. The zero-order valence-corrected chi connectivity index (χ0v) is 14.3. The standard InChI is InChI=1S/C20H22F2N2O/c1-3-19(25)23-16-6-7-17-15(13-24(2)18(17)12-16)5-4-14-8-10-20(21,22)11-9-14/h3-7,12-14H,1,8-11H2,2H3,(H,23,25). The lowest BCUT2D eigenvalue weighted by atomic mass is 9.86. The molecule has 1 aromatic carbocycles. The number of amides is 1. The summed E-state index contributed by atoms with van der Waals surface area (Å²) >= 11 is 0. The maximum atomic E-state index is 13.2. The second kappa shape index (κ2) is 6.82. The van der Waals surface area contributed by atoms with Crippen LogP contribution >= 0.6 is 0 Å². The Balaban J connectivity index is 1.79. The van der Waals surface area contributed by atoms with Crippen LogP contribution in [0.1, 0.15) is 31.2 Å². The second-order valence-corrected chi connectivity index (χ2v) is 6.67. The molecule has 0 aliphatic heterocycles. The minimum Gasteiger partial charge on any atom is -0.350 e. The van der Waals surface area contributed by atoms with Crippen LogP contribution in [0, 0.1) is 5.92 Å². The van der Waals surface area contributed by atoms with Crippen LogP contribution < -0.4 is 5.32 Å². The molecular formula is C20H22F2N2O. The number of aromatic nitrogens is 1. The molecule has 0 radical (unpaired) electrons.